The molecule has 1 heterocycles. The Balaban J connectivity index is 0.000000540. The predicted molar refractivity (Wildman–Crippen MR) is 119 cm³/mol. The van der Waals surface area contributed by atoms with Crippen LogP contribution in [-0.4, -0.2) is 73.5 Å². The normalized spacial score (nSPS) is 14.3. The van der Waals surface area contributed by atoms with Crippen LogP contribution < -0.4 is 5.32 Å². The van der Waals surface area contributed by atoms with E-state index in [0.717, 1.165) is 16.4 Å². The average molecular weight is 540 g/mol. The van der Waals surface area contributed by atoms with Gasteiger partial charge in [0, 0.05) is 37.7 Å². The lowest BCUT2D eigenvalue weighted by atomic mass is 10.2. The molecule has 2 N–H and O–H groups in total. The Morgan fingerprint density at radius 3 is 2.11 bits per heavy atom. The molecule has 0 radical (unpaired) electrons. The molecule has 2 aromatic rings. The molecule has 1 aliphatic rings. The van der Waals surface area contributed by atoms with Crippen molar-refractivity contribution in [2.45, 2.75) is 17.6 Å². The second-order valence-electron chi connectivity index (χ2n) is 7.25. The number of benzene rings is 2. The molecule has 0 spiro atoms. The van der Waals surface area contributed by atoms with Crippen molar-refractivity contribution in [2.24, 2.45) is 0 Å². The minimum absolute atomic E-state index is 0.0583. The zero-order chi connectivity index (χ0) is 26.2. The van der Waals surface area contributed by atoms with E-state index in [9.17, 15) is 30.8 Å². The van der Waals surface area contributed by atoms with E-state index in [0.29, 0.717) is 36.8 Å². The molecule has 0 aliphatic carbocycles. The van der Waals surface area contributed by atoms with E-state index < -0.39 is 28.0 Å². The first-order valence-corrected chi connectivity index (χ1v) is 11.9. The van der Waals surface area contributed by atoms with Crippen LogP contribution in [0, 0.1) is 5.82 Å². The molecule has 0 bridgehead atoms. The number of aliphatic carboxylic acids is 1. The summed E-state index contributed by atoms with van der Waals surface area (Å²) in [5.74, 6) is -3.57. The first-order chi connectivity index (χ1) is 16.3. The SMILES string of the molecule is O=C(CN(Cc1ccccc1Cl)S(=O)(=O)c1ccc(F)cc1)N1CCNCC1.O=C(O)C(F)(F)F. The van der Waals surface area contributed by atoms with E-state index >= 15 is 0 Å². The number of hydrogen-bond acceptors (Lipinski definition) is 5. The smallest absolute Gasteiger partial charge is 0.475 e. The zero-order valence-electron chi connectivity index (χ0n) is 18.1. The summed E-state index contributed by atoms with van der Waals surface area (Å²) < 4.78 is 72.4. The Hall–Kier alpha value is -2.74. The molecular weight excluding hydrogens is 518 g/mol. The number of halogens is 5. The molecule has 2 aromatic carbocycles. The molecule has 1 fully saturated rings. The van der Waals surface area contributed by atoms with Crippen LogP contribution in [0.3, 0.4) is 0 Å². The number of alkyl halides is 3. The minimum Gasteiger partial charge on any atom is -0.475 e. The van der Waals surface area contributed by atoms with Crippen molar-refractivity contribution in [3.05, 3.63) is 64.9 Å². The summed E-state index contributed by atoms with van der Waals surface area (Å²) in [6.07, 6.45) is -5.08. The largest absolute Gasteiger partial charge is 0.490 e. The number of carboxylic acid groups (broad SMARTS) is 1. The van der Waals surface area contributed by atoms with E-state index in [2.05, 4.69) is 5.32 Å². The molecule has 8 nitrogen and oxygen atoms in total. The third kappa shape index (κ3) is 8.46. The summed E-state index contributed by atoms with van der Waals surface area (Å²) in [4.78, 5) is 23.2. The van der Waals surface area contributed by atoms with E-state index in [1.54, 1.807) is 29.2 Å². The van der Waals surface area contributed by atoms with Crippen molar-refractivity contribution in [3.8, 4) is 0 Å². The van der Waals surface area contributed by atoms with Gasteiger partial charge < -0.3 is 15.3 Å². The lowest BCUT2D eigenvalue weighted by Crippen LogP contribution is -2.50. The standard InChI is InChI=1S/C19H21ClFN3O3S.C2HF3O2/c20-18-4-2-1-3-15(18)13-24(14-19(25)23-11-9-22-10-12-23)28(26,27)17-7-5-16(21)6-8-17;3-2(4,5)1(6)7/h1-8,22H,9-14H2;(H,6,7). The second kappa shape index (κ2) is 12.3. The number of carboxylic acids is 1. The Labute approximate surface area is 204 Å². The molecule has 1 saturated heterocycles. The Morgan fingerprint density at radius 1 is 1.06 bits per heavy atom. The molecule has 3 rings (SSSR count). The van der Waals surface area contributed by atoms with Crippen molar-refractivity contribution in [3.63, 3.8) is 0 Å². The molecule has 192 valence electrons. The number of hydrogen-bond donors (Lipinski definition) is 2. The van der Waals surface area contributed by atoms with Gasteiger partial charge in [0.1, 0.15) is 5.82 Å². The highest BCUT2D eigenvalue weighted by Gasteiger charge is 2.38. The monoisotopic (exact) mass is 539 g/mol. The lowest BCUT2D eigenvalue weighted by molar-refractivity contribution is -0.192. The molecule has 0 atom stereocenters. The molecule has 1 aliphatic heterocycles. The van der Waals surface area contributed by atoms with Gasteiger partial charge in [-0.1, -0.05) is 29.8 Å². The number of sulfonamides is 1. The maximum atomic E-state index is 13.2. The fourth-order valence-corrected chi connectivity index (χ4v) is 4.53. The van der Waals surface area contributed by atoms with Crippen LogP contribution in [0.5, 0.6) is 0 Å². The van der Waals surface area contributed by atoms with Gasteiger partial charge in [-0.15, -0.1) is 0 Å². The maximum Gasteiger partial charge on any atom is 0.490 e. The van der Waals surface area contributed by atoms with Crippen molar-refractivity contribution in [1.29, 1.82) is 0 Å². The highest BCUT2D eigenvalue weighted by molar-refractivity contribution is 7.89. The van der Waals surface area contributed by atoms with E-state index in [1.807, 2.05) is 0 Å². The summed E-state index contributed by atoms with van der Waals surface area (Å²) in [7, 11) is -4.02. The zero-order valence-corrected chi connectivity index (χ0v) is 19.7. The van der Waals surface area contributed by atoms with Gasteiger partial charge >= 0.3 is 12.1 Å². The summed E-state index contributed by atoms with van der Waals surface area (Å²) in [5, 5.41) is 10.7. The summed E-state index contributed by atoms with van der Waals surface area (Å²) in [6.45, 7) is 2.01. The van der Waals surface area contributed by atoms with Crippen LogP contribution >= 0.6 is 11.6 Å². The van der Waals surface area contributed by atoms with Crippen molar-refractivity contribution in [2.75, 3.05) is 32.7 Å². The molecular formula is C21H22ClF4N3O5S. The van der Waals surface area contributed by atoms with Crippen LogP contribution in [0.1, 0.15) is 5.56 Å². The van der Waals surface area contributed by atoms with Crippen LogP contribution in [0.2, 0.25) is 5.02 Å². The maximum absolute atomic E-state index is 13.2. The predicted octanol–water partition coefficient (Wildman–Crippen LogP) is 2.74. The van der Waals surface area contributed by atoms with Gasteiger partial charge in [0.25, 0.3) is 0 Å². The van der Waals surface area contributed by atoms with Crippen molar-refractivity contribution >= 4 is 33.5 Å². The number of nitrogens with one attached hydrogen (secondary N) is 1. The number of piperazine rings is 1. The first-order valence-electron chi connectivity index (χ1n) is 10.1. The number of amides is 1. The number of carbonyl (C=O) groups is 2. The van der Waals surface area contributed by atoms with E-state index in [4.69, 9.17) is 21.5 Å². The Morgan fingerprint density at radius 2 is 1.60 bits per heavy atom. The number of rotatable bonds is 6. The van der Waals surface area contributed by atoms with Gasteiger partial charge in [0.15, 0.2) is 0 Å². The molecule has 0 aromatic heterocycles. The fourth-order valence-electron chi connectivity index (χ4n) is 2.96. The van der Waals surface area contributed by atoms with Crippen LogP contribution in [-0.2, 0) is 26.2 Å². The molecule has 1 amide bonds. The number of nitrogens with zero attached hydrogens (tertiary/aromatic N) is 2. The van der Waals surface area contributed by atoms with Crippen molar-refractivity contribution in [1.82, 2.24) is 14.5 Å². The molecule has 35 heavy (non-hydrogen) atoms. The summed E-state index contributed by atoms with van der Waals surface area (Å²) >= 11 is 6.20. The quantitative estimate of drug-likeness (QED) is 0.547. The lowest BCUT2D eigenvalue weighted by Gasteiger charge is -2.30. The Kier molecular flexibility index (Phi) is 10.0. The Bertz CT molecular complexity index is 1120. The average Bonchev–Trinajstić information content (AvgIpc) is 2.80. The van der Waals surface area contributed by atoms with Gasteiger partial charge in [-0.05, 0) is 35.9 Å². The van der Waals surface area contributed by atoms with Gasteiger partial charge in [-0.2, -0.15) is 17.5 Å². The van der Waals surface area contributed by atoms with Crippen molar-refractivity contribution < 1.29 is 40.7 Å². The van der Waals surface area contributed by atoms with Gasteiger partial charge in [0.2, 0.25) is 15.9 Å². The highest BCUT2D eigenvalue weighted by Crippen LogP contribution is 2.23. The van der Waals surface area contributed by atoms with E-state index in [1.165, 1.54) is 12.1 Å². The van der Waals surface area contributed by atoms with Crippen LogP contribution in [0.25, 0.3) is 0 Å². The van der Waals surface area contributed by atoms with Crippen LogP contribution in [0.4, 0.5) is 17.6 Å². The summed E-state index contributed by atoms with van der Waals surface area (Å²) in [6, 6.07) is 11.4. The number of carbonyl (C=O) groups excluding carboxylic acids is 1. The van der Waals surface area contributed by atoms with Gasteiger partial charge in [0.05, 0.1) is 11.4 Å². The van der Waals surface area contributed by atoms with Gasteiger partial charge in [-0.3, -0.25) is 4.79 Å². The second-order valence-corrected chi connectivity index (χ2v) is 9.60. The minimum atomic E-state index is -5.08. The molecule has 0 unspecified atom stereocenters. The third-order valence-corrected chi connectivity index (χ3v) is 6.95. The topological polar surface area (TPSA) is 107 Å². The molecule has 0 saturated carbocycles. The van der Waals surface area contributed by atoms with E-state index in [-0.39, 0.29) is 23.9 Å². The van der Waals surface area contributed by atoms with Crippen LogP contribution in [0.15, 0.2) is 53.4 Å². The molecule has 14 heteroatoms. The van der Waals surface area contributed by atoms with Gasteiger partial charge in [-0.25, -0.2) is 17.6 Å². The fraction of sp³-hybridized carbons (Fsp3) is 0.333. The summed E-state index contributed by atoms with van der Waals surface area (Å²) in [5.41, 5.74) is 0.586. The third-order valence-electron chi connectivity index (χ3n) is 4.78. The first kappa shape index (κ1) is 28.5. The highest BCUT2D eigenvalue weighted by atomic mass is 35.5.